The fourth-order valence-corrected chi connectivity index (χ4v) is 2.17. The molecule has 1 heterocycles. The van der Waals surface area contributed by atoms with Crippen LogP contribution in [0.25, 0.3) is 0 Å². The molecule has 1 N–H and O–H groups in total. The summed E-state index contributed by atoms with van der Waals surface area (Å²) in [6.07, 6.45) is 4.33. The largest absolute Gasteiger partial charge is 0.368 e. The maximum Gasteiger partial charge on any atom is 0.142 e. The molecule has 0 fully saturated rings. The van der Waals surface area contributed by atoms with Gasteiger partial charge in [0.05, 0.1) is 8.95 Å². The highest BCUT2D eigenvalue weighted by atomic mass is 127. The van der Waals surface area contributed by atoms with E-state index >= 15 is 0 Å². The van der Waals surface area contributed by atoms with Gasteiger partial charge < -0.3 is 5.32 Å². The zero-order chi connectivity index (χ0) is 11.3. The Morgan fingerprint density at radius 1 is 1.53 bits per heavy atom. The molecular formula is C10H15ClIN3. The fourth-order valence-electron chi connectivity index (χ4n) is 1.24. The van der Waals surface area contributed by atoms with E-state index in [1.165, 1.54) is 6.33 Å². The van der Waals surface area contributed by atoms with Crippen LogP contribution in [0.5, 0.6) is 0 Å². The van der Waals surface area contributed by atoms with E-state index in [9.17, 15) is 0 Å². The van der Waals surface area contributed by atoms with Crippen LogP contribution in [0, 0.1) is 9.49 Å². The molecular weight excluding hydrogens is 324 g/mol. The second kappa shape index (κ2) is 6.48. The molecule has 1 aromatic rings. The number of rotatable bonds is 5. The average molecular weight is 340 g/mol. The number of hydrogen-bond donors (Lipinski definition) is 1. The first-order chi connectivity index (χ1) is 7.09. The number of aromatic nitrogens is 2. The molecule has 5 heteroatoms. The predicted molar refractivity (Wildman–Crippen MR) is 72.3 cm³/mol. The van der Waals surface area contributed by atoms with Crippen LogP contribution in [0.3, 0.4) is 0 Å². The molecule has 0 aliphatic rings. The Labute approximate surface area is 109 Å². The lowest BCUT2D eigenvalue weighted by Gasteiger charge is -2.13. The monoisotopic (exact) mass is 339 g/mol. The van der Waals surface area contributed by atoms with Crippen LogP contribution in [-0.2, 0) is 0 Å². The molecule has 1 unspecified atom stereocenters. The van der Waals surface area contributed by atoms with Crippen molar-refractivity contribution < 1.29 is 0 Å². The summed E-state index contributed by atoms with van der Waals surface area (Å²) in [6.45, 7) is 5.08. The van der Waals surface area contributed by atoms with Crippen molar-refractivity contribution in [3.63, 3.8) is 0 Å². The molecule has 84 valence electrons. The Balaban J connectivity index is 2.40. The summed E-state index contributed by atoms with van der Waals surface area (Å²) in [4.78, 5) is 8.07. The van der Waals surface area contributed by atoms with Gasteiger partial charge in [-0.3, -0.25) is 0 Å². The van der Waals surface area contributed by atoms with E-state index < -0.39 is 0 Å². The lowest BCUT2D eigenvalue weighted by atomic mass is 10.1. The summed E-state index contributed by atoms with van der Waals surface area (Å²) >= 11 is 8.37. The second-order valence-corrected chi connectivity index (χ2v) is 5.61. The van der Waals surface area contributed by atoms with Crippen LogP contribution >= 0.6 is 34.2 Å². The third kappa shape index (κ3) is 4.97. The molecule has 0 saturated carbocycles. The van der Waals surface area contributed by atoms with Crippen LogP contribution in [0.1, 0.15) is 20.3 Å². The highest BCUT2D eigenvalue weighted by Crippen LogP contribution is 2.15. The molecule has 1 aromatic heterocycles. The molecule has 0 aliphatic carbocycles. The zero-order valence-corrected chi connectivity index (χ0v) is 11.8. The second-order valence-electron chi connectivity index (χ2n) is 3.83. The summed E-state index contributed by atoms with van der Waals surface area (Å²) in [6, 6.07) is 0. The van der Waals surface area contributed by atoms with E-state index in [4.69, 9.17) is 11.6 Å². The maximum absolute atomic E-state index is 6.17. The third-order valence-corrected chi connectivity index (χ3v) is 3.01. The summed E-state index contributed by atoms with van der Waals surface area (Å²) in [5, 5.41) is 3.38. The summed E-state index contributed by atoms with van der Waals surface area (Å²) in [5.74, 6) is 1.48. The molecule has 0 amide bonds. The minimum atomic E-state index is 0.149. The molecule has 0 spiro atoms. The Kier molecular flexibility index (Phi) is 5.60. The molecule has 0 aliphatic heterocycles. The molecule has 15 heavy (non-hydrogen) atoms. The maximum atomic E-state index is 6.17. The smallest absolute Gasteiger partial charge is 0.142 e. The molecule has 3 nitrogen and oxygen atoms in total. The van der Waals surface area contributed by atoms with E-state index in [-0.39, 0.29) is 5.38 Å². The highest BCUT2D eigenvalue weighted by molar-refractivity contribution is 14.1. The quantitative estimate of drug-likeness (QED) is 0.661. The summed E-state index contributed by atoms with van der Waals surface area (Å²) in [7, 11) is 0. The van der Waals surface area contributed by atoms with Crippen molar-refractivity contribution in [1.82, 2.24) is 9.97 Å². The molecule has 0 radical (unpaired) electrons. The first-order valence-corrected chi connectivity index (χ1v) is 6.44. The molecule has 0 bridgehead atoms. The van der Waals surface area contributed by atoms with Crippen LogP contribution < -0.4 is 5.32 Å². The highest BCUT2D eigenvalue weighted by Gasteiger charge is 2.08. The van der Waals surface area contributed by atoms with Crippen molar-refractivity contribution in [2.24, 2.45) is 5.92 Å². The number of nitrogens with one attached hydrogen (secondary N) is 1. The first-order valence-electron chi connectivity index (χ1n) is 4.93. The van der Waals surface area contributed by atoms with E-state index in [2.05, 4.69) is 51.7 Å². The normalized spacial score (nSPS) is 12.9. The lowest BCUT2D eigenvalue weighted by Crippen LogP contribution is -2.17. The van der Waals surface area contributed by atoms with Gasteiger partial charge in [0.1, 0.15) is 12.1 Å². The summed E-state index contributed by atoms with van der Waals surface area (Å²) in [5.41, 5.74) is 0. The van der Waals surface area contributed by atoms with Crippen molar-refractivity contribution in [3.05, 3.63) is 16.1 Å². The van der Waals surface area contributed by atoms with Crippen molar-refractivity contribution >= 4 is 40.0 Å². The van der Waals surface area contributed by atoms with Crippen molar-refractivity contribution in [3.8, 4) is 0 Å². The third-order valence-electron chi connectivity index (χ3n) is 1.89. The van der Waals surface area contributed by atoms with Crippen LogP contribution in [0.15, 0.2) is 12.5 Å². The lowest BCUT2D eigenvalue weighted by molar-refractivity contribution is 0.572. The van der Waals surface area contributed by atoms with E-state index in [0.29, 0.717) is 5.92 Å². The zero-order valence-electron chi connectivity index (χ0n) is 8.87. The van der Waals surface area contributed by atoms with Gasteiger partial charge in [-0.1, -0.05) is 13.8 Å². The number of nitrogens with zero attached hydrogens (tertiary/aromatic N) is 2. The van der Waals surface area contributed by atoms with Gasteiger partial charge >= 0.3 is 0 Å². The predicted octanol–water partition coefficient (Wildman–Crippen LogP) is 3.15. The van der Waals surface area contributed by atoms with Gasteiger partial charge in [-0.05, 0) is 34.9 Å². The van der Waals surface area contributed by atoms with Gasteiger partial charge in [0.25, 0.3) is 0 Å². The fraction of sp³-hybridized carbons (Fsp3) is 0.600. The number of alkyl halides is 1. The van der Waals surface area contributed by atoms with Gasteiger partial charge in [0.2, 0.25) is 0 Å². The van der Waals surface area contributed by atoms with Gasteiger partial charge in [-0.2, -0.15) is 0 Å². The van der Waals surface area contributed by atoms with Gasteiger partial charge in [-0.25, -0.2) is 9.97 Å². The van der Waals surface area contributed by atoms with Crippen molar-refractivity contribution in [1.29, 1.82) is 0 Å². The number of hydrogen-bond acceptors (Lipinski definition) is 3. The van der Waals surface area contributed by atoms with Crippen LogP contribution in [0.4, 0.5) is 5.82 Å². The van der Waals surface area contributed by atoms with Gasteiger partial charge in [-0.15, -0.1) is 11.6 Å². The van der Waals surface area contributed by atoms with Crippen molar-refractivity contribution in [2.45, 2.75) is 25.6 Å². The topological polar surface area (TPSA) is 37.8 Å². The number of anilines is 1. The average Bonchev–Trinajstić information content (AvgIpc) is 2.15. The minimum Gasteiger partial charge on any atom is -0.368 e. The first kappa shape index (κ1) is 13.0. The SMILES string of the molecule is CC(C)CC(Cl)CNc1ncncc1I. The van der Waals surface area contributed by atoms with E-state index in [0.717, 1.165) is 22.4 Å². The molecule has 1 rings (SSSR count). The molecule has 0 aromatic carbocycles. The van der Waals surface area contributed by atoms with Gasteiger partial charge in [0, 0.05) is 12.7 Å². The minimum absolute atomic E-state index is 0.149. The van der Waals surface area contributed by atoms with Crippen molar-refractivity contribution in [2.75, 3.05) is 11.9 Å². The Bertz CT molecular complexity index is 306. The standard InChI is InChI=1S/C10H15ClIN3/c1-7(2)3-8(11)4-14-10-9(12)5-13-6-15-10/h5-8H,3-4H2,1-2H3,(H,13,14,15). The Morgan fingerprint density at radius 3 is 2.87 bits per heavy atom. The Morgan fingerprint density at radius 2 is 2.27 bits per heavy atom. The van der Waals surface area contributed by atoms with Crippen LogP contribution in [-0.4, -0.2) is 21.9 Å². The molecule has 1 atom stereocenters. The van der Waals surface area contributed by atoms with E-state index in [1.807, 2.05) is 0 Å². The summed E-state index contributed by atoms with van der Waals surface area (Å²) < 4.78 is 1.02. The van der Waals surface area contributed by atoms with Gasteiger partial charge in [0.15, 0.2) is 0 Å². The van der Waals surface area contributed by atoms with E-state index in [1.54, 1.807) is 6.20 Å². The number of halogens is 2. The Hall–Kier alpha value is -0.100. The van der Waals surface area contributed by atoms with Crippen LogP contribution in [0.2, 0.25) is 0 Å². The molecule has 0 saturated heterocycles.